The molecule has 0 saturated carbocycles. The van der Waals surface area contributed by atoms with Gasteiger partial charge in [-0.15, -0.1) is 0 Å². The SMILES string of the molecule is Clc1ccc(OCc2cc(Cl)cc3c2OCC3)cc1. The van der Waals surface area contributed by atoms with Gasteiger partial charge < -0.3 is 9.47 Å². The van der Waals surface area contributed by atoms with Crippen LogP contribution in [0.3, 0.4) is 0 Å². The van der Waals surface area contributed by atoms with E-state index in [1.165, 1.54) is 0 Å². The molecular weight excluding hydrogens is 283 g/mol. The highest BCUT2D eigenvalue weighted by Crippen LogP contribution is 2.33. The summed E-state index contributed by atoms with van der Waals surface area (Å²) in [6, 6.07) is 11.1. The lowest BCUT2D eigenvalue weighted by molar-refractivity contribution is 0.292. The third-order valence-corrected chi connectivity index (χ3v) is 3.50. The fourth-order valence-corrected chi connectivity index (χ4v) is 2.53. The highest BCUT2D eigenvalue weighted by atomic mass is 35.5. The van der Waals surface area contributed by atoms with Gasteiger partial charge in [0.25, 0.3) is 0 Å². The number of rotatable bonds is 3. The zero-order valence-electron chi connectivity index (χ0n) is 10.2. The summed E-state index contributed by atoms with van der Waals surface area (Å²) >= 11 is 11.9. The van der Waals surface area contributed by atoms with E-state index in [2.05, 4.69) is 0 Å². The van der Waals surface area contributed by atoms with Crippen molar-refractivity contribution in [2.24, 2.45) is 0 Å². The summed E-state index contributed by atoms with van der Waals surface area (Å²) in [5, 5.41) is 1.42. The Labute approximate surface area is 121 Å². The van der Waals surface area contributed by atoms with E-state index in [4.69, 9.17) is 32.7 Å². The second-order valence-electron chi connectivity index (χ2n) is 4.39. The molecule has 0 saturated heterocycles. The molecule has 3 rings (SSSR count). The van der Waals surface area contributed by atoms with Crippen LogP contribution in [0.1, 0.15) is 11.1 Å². The van der Waals surface area contributed by atoms with Gasteiger partial charge in [0.1, 0.15) is 18.1 Å². The third-order valence-electron chi connectivity index (χ3n) is 3.03. The third kappa shape index (κ3) is 2.80. The van der Waals surface area contributed by atoms with E-state index >= 15 is 0 Å². The molecule has 0 N–H and O–H groups in total. The highest BCUT2D eigenvalue weighted by molar-refractivity contribution is 6.31. The molecule has 2 aromatic carbocycles. The van der Waals surface area contributed by atoms with Gasteiger partial charge in [0.15, 0.2) is 0 Å². The molecule has 2 nitrogen and oxygen atoms in total. The van der Waals surface area contributed by atoms with Crippen molar-refractivity contribution in [2.45, 2.75) is 13.0 Å². The molecule has 0 atom stereocenters. The fourth-order valence-electron chi connectivity index (χ4n) is 2.15. The Morgan fingerprint density at radius 1 is 1.05 bits per heavy atom. The molecule has 1 aliphatic heterocycles. The van der Waals surface area contributed by atoms with Crippen molar-refractivity contribution in [1.29, 1.82) is 0 Å². The highest BCUT2D eigenvalue weighted by Gasteiger charge is 2.17. The number of fused-ring (bicyclic) bond motifs is 1. The number of hydrogen-bond donors (Lipinski definition) is 0. The summed E-state index contributed by atoms with van der Waals surface area (Å²) in [5.41, 5.74) is 2.14. The van der Waals surface area contributed by atoms with Crippen molar-refractivity contribution < 1.29 is 9.47 Å². The molecule has 1 heterocycles. The quantitative estimate of drug-likeness (QED) is 0.829. The van der Waals surface area contributed by atoms with Crippen LogP contribution in [0.2, 0.25) is 10.0 Å². The van der Waals surface area contributed by atoms with Gasteiger partial charge in [-0.25, -0.2) is 0 Å². The lowest BCUT2D eigenvalue weighted by Crippen LogP contribution is -1.98. The molecule has 2 aromatic rings. The van der Waals surface area contributed by atoms with E-state index in [1.807, 2.05) is 24.3 Å². The molecule has 0 aromatic heterocycles. The van der Waals surface area contributed by atoms with Crippen molar-refractivity contribution in [3.63, 3.8) is 0 Å². The number of hydrogen-bond acceptors (Lipinski definition) is 2. The van der Waals surface area contributed by atoms with Crippen LogP contribution in [0, 0.1) is 0 Å². The van der Waals surface area contributed by atoms with Crippen molar-refractivity contribution in [3.8, 4) is 11.5 Å². The number of halogens is 2. The van der Waals surface area contributed by atoms with Crippen LogP contribution in [0.15, 0.2) is 36.4 Å². The van der Waals surface area contributed by atoms with Gasteiger partial charge in [0.2, 0.25) is 0 Å². The first-order valence-corrected chi connectivity index (χ1v) is 6.80. The molecule has 0 unspecified atom stereocenters. The summed E-state index contributed by atoms with van der Waals surface area (Å²) in [4.78, 5) is 0. The Balaban J connectivity index is 1.78. The Morgan fingerprint density at radius 2 is 1.84 bits per heavy atom. The van der Waals surface area contributed by atoms with Crippen molar-refractivity contribution in [2.75, 3.05) is 6.61 Å². The van der Waals surface area contributed by atoms with Crippen molar-refractivity contribution in [3.05, 3.63) is 57.6 Å². The molecule has 98 valence electrons. The second kappa shape index (κ2) is 5.32. The normalized spacial score (nSPS) is 12.9. The van der Waals surface area contributed by atoms with E-state index in [0.29, 0.717) is 18.2 Å². The van der Waals surface area contributed by atoms with Gasteiger partial charge in [-0.05, 0) is 42.0 Å². The number of ether oxygens (including phenoxy) is 2. The molecule has 0 amide bonds. The average Bonchev–Trinajstić information content (AvgIpc) is 2.85. The lowest BCUT2D eigenvalue weighted by atomic mass is 10.1. The minimum Gasteiger partial charge on any atom is -0.493 e. The monoisotopic (exact) mass is 294 g/mol. The summed E-state index contributed by atoms with van der Waals surface area (Å²) in [6.45, 7) is 1.15. The van der Waals surface area contributed by atoms with Gasteiger partial charge in [0.05, 0.1) is 6.61 Å². The molecule has 0 aliphatic carbocycles. The first kappa shape index (κ1) is 12.6. The van der Waals surface area contributed by atoms with Crippen LogP contribution in [0.4, 0.5) is 0 Å². The second-order valence-corrected chi connectivity index (χ2v) is 5.27. The summed E-state index contributed by atoms with van der Waals surface area (Å²) in [7, 11) is 0. The zero-order valence-corrected chi connectivity index (χ0v) is 11.7. The van der Waals surface area contributed by atoms with Crippen LogP contribution in [-0.4, -0.2) is 6.61 Å². The van der Waals surface area contributed by atoms with Crippen LogP contribution in [-0.2, 0) is 13.0 Å². The van der Waals surface area contributed by atoms with Crippen LogP contribution in [0.25, 0.3) is 0 Å². The maximum Gasteiger partial charge on any atom is 0.129 e. The van der Waals surface area contributed by atoms with Gasteiger partial charge in [-0.3, -0.25) is 0 Å². The molecule has 4 heteroatoms. The molecule has 0 bridgehead atoms. The first-order chi connectivity index (χ1) is 9.22. The topological polar surface area (TPSA) is 18.5 Å². The van der Waals surface area contributed by atoms with Crippen molar-refractivity contribution >= 4 is 23.2 Å². The Morgan fingerprint density at radius 3 is 2.63 bits per heavy atom. The predicted octanol–water partition coefficient (Wildman–Crippen LogP) is 4.51. The standard InChI is InChI=1S/C15H12Cl2O2/c16-12-1-3-14(4-2-12)19-9-11-8-13(17)7-10-5-6-18-15(10)11/h1-4,7-8H,5-6,9H2. The largest absolute Gasteiger partial charge is 0.493 e. The minimum atomic E-state index is 0.435. The van der Waals surface area contributed by atoms with Crippen LogP contribution < -0.4 is 9.47 Å². The van der Waals surface area contributed by atoms with E-state index in [0.717, 1.165) is 34.1 Å². The summed E-state index contributed by atoms with van der Waals surface area (Å²) < 4.78 is 11.4. The smallest absolute Gasteiger partial charge is 0.129 e. The molecule has 0 radical (unpaired) electrons. The van der Waals surface area contributed by atoms with E-state index in [1.54, 1.807) is 12.1 Å². The Kier molecular flexibility index (Phi) is 3.54. The van der Waals surface area contributed by atoms with Crippen molar-refractivity contribution in [1.82, 2.24) is 0 Å². The van der Waals surface area contributed by atoms with E-state index in [-0.39, 0.29) is 0 Å². The Hall–Kier alpha value is -1.38. The Bertz CT molecular complexity index is 594. The van der Waals surface area contributed by atoms with E-state index in [9.17, 15) is 0 Å². The molecule has 0 spiro atoms. The first-order valence-electron chi connectivity index (χ1n) is 6.05. The van der Waals surface area contributed by atoms with Gasteiger partial charge in [-0.2, -0.15) is 0 Å². The van der Waals surface area contributed by atoms with Gasteiger partial charge in [-0.1, -0.05) is 23.2 Å². The average molecular weight is 295 g/mol. The van der Waals surface area contributed by atoms with Crippen LogP contribution >= 0.6 is 23.2 Å². The lowest BCUT2D eigenvalue weighted by Gasteiger charge is -2.10. The molecule has 1 aliphatic rings. The number of benzene rings is 2. The van der Waals surface area contributed by atoms with Gasteiger partial charge >= 0.3 is 0 Å². The van der Waals surface area contributed by atoms with E-state index < -0.39 is 0 Å². The predicted molar refractivity (Wildman–Crippen MR) is 76.4 cm³/mol. The molecular formula is C15H12Cl2O2. The maximum atomic E-state index is 6.10. The summed E-state index contributed by atoms with van der Waals surface area (Å²) in [6.07, 6.45) is 0.907. The fraction of sp³-hybridized carbons (Fsp3) is 0.200. The van der Waals surface area contributed by atoms with Crippen LogP contribution in [0.5, 0.6) is 11.5 Å². The zero-order chi connectivity index (χ0) is 13.2. The molecule has 19 heavy (non-hydrogen) atoms. The maximum absolute atomic E-state index is 6.10. The van der Waals surface area contributed by atoms with Gasteiger partial charge in [0, 0.05) is 22.0 Å². The summed E-state index contributed by atoms with van der Waals surface area (Å²) in [5.74, 6) is 1.69. The minimum absolute atomic E-state index is 0.435. The molecule has 0 fully saturated rings.